The Bertz CT molecular complexity index is 847. The van der Waals surface area contributed by atoms with Crippen molar-refractivity contribution in [1.82, 2.24) is 5.32 Å². The summed E-state index contributed by atoms with van der Waals surface area (Å²) >= 11 is 0. The summed E-state index contributed by atoms with van der Waals surface area (Å²) in [4.78, 5) is 23.9. The van der Waals surface area contributed by atoms with Crippen molar-refractivity contribution in [3.8, 4) is 0 Å². The Morgan fingerprint density at radius 3 is 1.52 bits per heavy atom. The fraction of sp³-hybridized carbons (Fsp3) is 0.167. The Kier molecular flexibility index (Phi) is 6.42. The zero-order valence-electron chi connectivity index (χ0n) is 16.1. The minimum atomic E-state index is -1.25. The second kappa shape index (κ2) is 9.17. The predicted molar refractivity (Wildman–Crippen MR) is 108 cm³/mol. The third-order valence-electron chi connectivity index (χ3n) is 5.00. The number of rotatable bonds is 8. The van der Waals surface area contributed by atoms with Gasteiger partial charge in [0.05, 0.1) is 5.97 Å². The number of aliphatic carboxylic acids is 1. The SMILES string of the molecule is [NH3+][C@H](CCC(=O)NC(c1ccccc1)(c1ccccc1)c1ccccc1)C(=O)[O-]. The average molecular weight is 388 g/mol. The van der Waals surface area contributed by atoms with E-state index in [4.69, 9.17) is 0 Å². The second-order valence-electron chi connectivity index (χ2n) is 6.95. The molecule has 29 heavy (non-hydrogen) atoms. The number of carbonyl (C=O) groups excluding carboxylic acids is 2. The van der Waals surface area contributed by atoms with Gasteiger partial charge in [-0.05, 0) is 16.7 Å². The highest BCUT2D eigenvalue weighted by Gasteiger charge is 2.37. The molecule has 0 aliphatic carbocycles. The number of hydrogen-bond acceptors (Lipinski definition) is 3. The van der Waals surface area contributed by atoms with Crippen molar-refractivity contribution < 1.29 is 20.4 Å². The molecular weight excluding hydrogens is 364 g/mol. The van der Waals surface area contributed by atoms with Crippen LogP contribution in [0.1, 0.15) is 29.5 Å². The monoisotopic (exact) mass is 388 g/mol. The summed E-state index contributed by atoms with van der Waals surface area (Å²) in [6.07, 6.45) is 0.152. The Labute approximate surface area is 170 Å². The van der Waals surface area contributed by atoms with Crippen LogP contribution in [0.15, 0.2) is 91.0 Å². The molecule has 0 aromatic heterocycles. The minimum absolute atomic E-state index is 0.0381. The molecule has 0 fully saturated rings. The third kappa shape index (κ3) is 4.52. The Morgan fingerprint density at radius 2 is 1.17 bits per heavy atom. The van der Waals surface area contributed by atoms with Gasteiger partial charge in [-0.2, -0.15) is 0 Å². The van der Waals surface area contributed by atoms with Gasteiger partial charge in [-0.1, -0.05) is 91.0 Å². The molecule has 1 atom stereocenters. The van der Waals surface area contributed by atoms with Crippen LogP contribution in [0.2, 0.25) is 0 Å². The molecular formula is C24H24N2O3. The molecule has 148 valence electrons. The number of hydrogen-bond donors (Lipinski definition) is 2. The van der Waals surface area contributed by atoms with Gasteiger partial charge in [-0.25, -0.2) is 0 Å². The molecule has 3 rings (SSSR count). The normalized spacial score (nSPS) is 12.2. The van der Waals surface area contributed by atoms with Crippen LogP contribution in [0.4, 0.5) is 0 Å². The molecule has 3 aromatic carbocycles. The van der Waals surface area contributed by atoms with Crippen molar-refractivity contribution in [2.75, 3.05) is 0 Å². The lowest BCUT2D eigenvalue weighted by atomic mass is 9.77. The largest absolute Gasteiger partial charge is 0.544 e. The van der Waals surface area contributed by atoms with Crippen molar-refractivity contribution in [3.63, 3.8) is 0 Å². The van der Waals surface area contributed by atoms with Gasteiger partial charge in [-0.15, -0.1) is 0 Å². The van der Waals surface area contributed by atoms with Gasteiger partial charge in [0.2, 0.25) is 5.91 Å². The molecule has 0 spiro atoms. The number of amides is 1. The van der Waals surface area contributed by atoms with E-state index in [2.05, 4.69) is 11.1 Å². The number of nitrogens with one attached hydrogen (secondary N) is 1. The molecule has 0 saturated carbocycles. The molecule has 0 saturated heterocycles. The van der Waals surface area contributed by atoms with Crippen LogP contribution in [-0.4, -0.2) is 17.9 Å². The van der Waals surface area contributed by atoms with Crippen LogP contribution in [-0.2, 0) is 15.1 Å². The topological polar surface area (TPSA) is 96.9 Å². The van der Waals surface area contributed by atoms with E-state index in [1.807, 2.05) is 91.0 Å². The first kappa shape index (κ1) is 20.3. The van der Waals surface area contributed by atoms with Crippen molar-refractivity contribution >= 4 is 11.9 Å². The molecule has 3 aromatic rings. The summed E-state index contributed by atoms with van der Waals surface area (Å²) in [7, 11) is 0. The van der Waals surface area contributed by atoms with Gasteiger partial charge in [0.15, 0.2) is 0 Å². The maximum atomic E-state index is 13.0. The highest BCUT2D eigenvalue weighted by Crippen LogP contribution is 2.36. The van der Waals surface area contributed by atoms with Gasteiger partial charge < -0.3 is 21.0 Å². The number of carbonyl (C=O) groups is 2. The van der Waals surface area contributed by atoms with Gasteiger partial charge in [0.1, 0.15) is 11.6 Å². The van der Waals surface area contributed by atoms with Gasteiger partial charge in [0, 0.05) is 12.8 Å². The summed E-state index contributed by atoms with van der Waals surface area (Å²) in [5, 5.41) is 14.1. The molecule has 5 heteroatoms. The first-order valence-corrected chi connectivity index (χ1v) is 9.55. The molecule has 0 bridgehead atoms. The first-order valence-electron chi connectivity index (χ1n) is 9.55. The molecule has 5 nitrogen and oxygen atoms in total. The molecule has 0 heterocycles. The third-order valence-corrected chi connectivity index (χ3v) is 5.00. The standard InChI is InChI=1S/C24H24N2O3/c25-21(23(28)29)16-17-22(27)26-24(18-10-4-1-5-11-18,19-12-6-2-7-13-19)20-14-8-3-9-15-20/h1-15,21H,16-17,25H2,(H,26,27)(H,28,29)/t21-/m1/s1. The van der Waals surface area contributed by atoms with Crippen molar-refractivity contribution in [1.29, 1.82) is 0 Å². The van der Waals surface area contributed by atoms with Crippen molar-refractivity contribution in [3.05, 3.63) is 108 Å². The van der Waals surface area contributed by atoms with Gasteiger partial charge >= 0.3 is 0 Å². The highest BCUT2D eigenvalue weighted by atomic mass is 16.4. The van der Waals surface area contributed by atoms with Gasteiger partial charge in [-0.3, -0.25) is 4.79 Å². The van der Waals surface area contributed by atoms with Gasteiger partial charge in [0.25, 0.3) is 0 Å². The summed E-state index contributed by atoms with van der Waals surface area (Å²) in [6, 6.07) is 28.3. The van der Waals surface area contributed by atoms with Crippen LogP contribution in [0, 0.1) is 0 Å². The maximum Gasteiger partial charge on any atom is 0.221 e. The van der Waals surface area contributed by atoms with E-state index >= 15 is 0 Å². The molecule has 0 aliphatic heterocycles. The average Bonchev–Trinajstić information content (AvgIpc) is 2.77. The van der Waals surface area contributed by atoms with E-state index in [1.54, 1.807) is 0 Å². The lowest BCUT2D eigenvalue weighted by molar-refractivity contribution is -0.438. The molecule has 0 radical (unpaired) electrons. The van der Waals surface area contributed by atoms with E-state index < -0.39 is 17.6 Å². The van der Waals surface area contributed by atoms with Crippen LogP contribution in [0.3, 0.4) is 0 Å². The quantitative estimate of drug-likeness (QED) is 0.568. The molecule has 0 aliphatic rings. The second-order valence-corrected chi connectivity index (χ2v) is 6.95. The van der Waals surface area contributed by atoms with Crippen LogP contribution in [0.25, 0.3) is 0 Å². The zero-order chi connectivity index (χ0) is 20.7. The highest BCUT2D eigenvalue weighted by molar-refractivity contribution is 5.80. The van der Waals surface area contributed by atoms with Crippen molar-refractivity contribution in [2.45, 2.75) is 24.4 Å². The predicted octanol–water partition coefficient (Wildman–Crippen LogP) is 1.24. The lowest BCUT2D eigenvalue weighted by Crippen LogP contribution is -2.68. The van der Waals surface area contributed by atoms with Crippen molar-refractivity contribution in [2.24, 2.45) is 0 Å². The summed E-state index contributed by atoms with van der Waals surface area (Å²) in [6.45, 7) is 0. The fourth-order valence-electron chi connectivity index (χ4n) is 3.48. The lowest BCUT2D eigenvalue weighted by Gasteiger charge is -2.37. The number of carboxylic acids is 1. The maximum absolute atomic E-state index is 13.0. The number of benzene rings is 3. The first-order chi connectivity index (χ1) is 14.0. The summed E-state index contributed by atoms with van der Waals surface area (Å²) < 4.78 is 0. The Hall–Kier alpha value is -3.44. The summed E-state index contributed by atoms with van der Waals surface area (Å²) in [5.74, 6) is -1.50. The fourth-order valence-corrected chi connectivity index (χ4v) is 3.48. The Morgan fingerprint density at radius 1 is 0.793 bits per heavy atom. The van der Waals surface area contributed by atoms with Crippen LogP contribution < -0.4 is 16.2 Å². The van der Waals surface area contributed by atoms with E-state index in [0.29, 0.717) is 0 Å². The van der Waals surface area contributed by atoms with Crippen LogP contribution in [0.5, 0.6) is 0 Å². The molecule has 4 N–H and O–H groups in total. The minimum Gasteiger partial charge on any atom is -0.544 e. The number of quaternary nitrogens is 1. The molecule has 0 unspecified atom stereocenters. The smallest absolute Gasteiger partial charge is 0.221 e. The van der Waals surface area contributed by atoms with E-state index in [9.17, 15) is 14.7 Å². The van der Waals surface area contributed by atoms with Crippen LogP contribution >= 0.6 is 0 Å². The Balaban J connectivity index is 2.08. The summed E-state index contributed by atoms with van der Waals surface area (Å²) in [5.41, 5.74) is 5.38. The van der Waals surface area contributed by atoms with E-state index in [1.165, 1.54) is 0 Å². The van der Waals surface area contributed by atoms with E-state index in [-0.39, 0.29) is 18.7 Å². The van der Waals surface area contributed by atoms with E-state index in [0.717, 1.165) is 16.7 Å². The number of carboxylic acid groups (broad SMARTS) is 1. The molecule has 1 amide bonds. The zero-order valence-corrected chi connectivity index (χ0v) is 16.1.